The molecule has 134 valence electrons. The van der Waals surface area contributed by atoms with Crippen LogP contribution in [-0.4, -0.2) is 64.6 Å². The van der Waals surface area contributed by atoms with Crippen molar-refractivity contribution in [2.45, 2.75) is 19.0 Å². The average Bonchev–Trinajstić information content (AvgIpc) is 2.85. The zero-order chi connectivity index (χ0) is 17.7. The number of benzene rings is 1. The van der Waals surface area contributed by atoms with E-state index in [-0.39, 0.29) is 30.0 Å². The van der Waals surface area contributed by atoms with Crippen LogP contribution >= 0.6 is 0 Å². The van der Waals surface area contributed by atoms with Crippen molar-refractivity contribution >= 4 is 15.7 Å². The number of sulfone groups is 1. The Bertz CT molecular complexity index is 690. The fourth-order valence-electron chi connectivity index (χ4n) is 2.85. The molecule has 0 unspecified atom stereocenters. The molecule has 1 aromatic carbocycles. The van der Waals surface area contributed by atoms with Crippen LogP contribution in [0.1, 0.15) is 12.0 Å². The van der Waals surface area contributed by atoms with E-state index in [1.54, 1.807) is 14.2 Å². The molecule has 1 N–H and O–H groups in total. The number of carbonyl (C=O) groups excluding carboxylic acids is 1. The van der Waals surface area contributed by atoms with Crippen LogP contribution in [0.25, 0.3) is 0 Å². The minimum absolute atomic E-state index is 0.0339. The first-order chi connectivity index (χ1) is 11.3. The summed E-state index contributed by atoms with van der Waals surface area (Å²) in [6.07, 6.45) is 0.488. The van der Waals surface area contributed by atoms with E-state index >= 15 is 0 Å². The SMILES string of the molecule is COc1cccc(CN(C)CC(=O)N[C@@H]2CCS(=O)(=O)C2)c1OC. The number of nitrogens with one attached hydrogen (secondary N) is 1. The quantitative estimate of drug-likeness (QED) is 0.763. The summed E-state index contributed by atoms with van der Waals surface area (Å²) in [7, 11) is 1.99. The van der Waals surface area contributed by atoms with Crippen LogP contribution < -0.4 is 14.8 Å². The molecular formula is C16H24N2O5S. The Morgan fingerprint density at radius 3 is 2.67 bits per heavy atom. The Morgan fingerprint density at radius 2 is 2.08 bits per heavy atom. The van der Waals surface area contributed by atoms with Crippen LogP contribution in [0.5, 0.6) is 11.5 Å². The highest BCUT2D eigenvalue weighted by atomic mass is 32.2. The van der Waals surface area contributed by atoms with E-state index in [0.717, 1.165) is 5.56 Å². The van der Waals surface area contributed by atoms with Crippen LogP contribution in [0.3, 0.4) is 0 Å². The third kappa shape index (κ3) is 4.85. The van der Waals surface area contributed by atoms with Crippen molar-refractivity contribution in [1.29, 1.82) is 0 Å². The molecule has 1 heterocycles. The molecule has 24 heavy (non-hydrogen) atoms. The van der Waals surface area contributed by atoms with Gasteiger partial charge in [0, 0.05) is 18.2 Å². The van der Waals surface area contributed by atoms with Gasteiger partial charge in [0.05, 0.1) is 32.3 Å². The molecule has 0 spiro atoms. The van der Waals surface area contributed by atoms with Crippen molar-refractivity contribution in [3.05, 3.63) is 23.8 Å². The monoisotopic (exact) mass is 356 g/mol. The molecule has 2 rings (SSSR count). The second-order valence-corrected chi connectivity index (χ2v) is 8.22. The van der Waals surface area contributed by atoms with Gasteiger partial charge in [0.1, 0.15) is 0 Å². The van der Waals surface area contributed by atoms with E-state index < -0.39 is 9.84 Å². The van der Waals surface area contributed by atoms with Crippen molar-refractivity contribution < 1.29 is 22.7 Å². The molecule has 1 aromatic rings. The fourth-order valence-corrected chi connectivity index (χ4v) is 4.53. The average molecular weight is 356 g/mol. The predicted octanol–water partition coefficient (Wildman–Crippen LogP) is 0.439. The maximum atomic E-state index is 12.1. The van der Waals surface area contributed by atoms with E-state index in [1.807, 2.05) is 30.1 Å². The molecule has 0 aromatic heterocycles. The first-order valence-corrected chi connectivity index (χ1v) is 9.55. The van der Waals surface area contributed by atoms with Gasteiger partial charge >= 0.3 is 0 Å². The summed E-state index contributed by atoms with van der Waals surface area (Å²) in [4.78, 5) is 13.9. The highest BCUT2D eigenvalue weighted by molar-refractivity contribution is 7.91. The molecule has 1 atom stereocenters. The Hall–Kier alpha value is -1.80. The molecule has 0 saturated carbocycles. The normalized spacial score (nSPS) is 19.2. The third-order valence-electron chi connectivity index (χ3n) is 3.94. The van der Waals surface area contributed by atoms with Crippen LogP contribution in [0, 0.1) is 0 Å². The lowest BCUT2D eigenvalue weighted by Gasteiger charge is -2.20. The van der Waals surface area contributed by atoms with E-state index in [9.17, 15) is 13.2 Å². The number of amides is 1. The van der Waals surface area contributed by atoms with Gasteiger partial charge in [0.15, 0.2) is 21.3 Å². The van der Waals surface area contributed by atoms with Crippen molar-refractivity contribution in [3.8, 4) is 11.5 Å². The molecule has 1 aliphatic rings. The smallest absolute Gasteiger partial charge is 0.234 e. The van der Waals surface area contributed by atoms with E-state index in [1.165, 1.54) is 0 Å². The molecule has 1 amide bonds. The highest BCUT2D eigenvalue weighted by Crippen LogP contribution is 2.31. The van der Waals surface area contributed by atoms with Gasteiger partial charge < -0.3 is 14.8 Å². The lowest BCUT2D eigenvalue weighted by Crippen LogP contribution is -2.41. The predicted molar refractivity (Wildman–Crippen MR) is 91.1 cm³/mol. The van der Waals surface area contributed by atoms with Gasteiger partial charge in [-0.25, -0.2) is 8.42 Å². The molecule has 0 radical (unpaired) electrons. The van der Waals surface area contributed by atoms with Crippen LogP contribution in [0.4, 0.5) is 0 Å². The van der Waals surface area contributed by atoms with Gasteiger partial charge in [-0.2, -0.15) is 0 Å². The van der Waals surface area contributed by atoms with E-state index in [2.05, 4.69) is 5.32 Å². The molecule has 0 bridgehead atoms. The number of carbonyl (C=O) groups is 1. The first kappa shape index (κ1) is 18.5. The second-order valence-electron chi connectivity index (χ2n) is 5.99. The molecule has 8 heteroatoms. The third-order valence-corrected chi connectivity index (χ3v) is 5.70. The molecule has 1 aliphatic heterocycles. The van der Waals surface area contributed by atoms with Crippen LogP contribution in [-0.2, 0) is 21.2 Å². The van der Waals surface area contributed by atoms with Gasteiger partial charge in [-0.05, 0) is 19.5 Å². The summed E-state index contributed by atoms with van der Waals surface area (Å²) in [5.74, 6) is 1.29. The summed E-state index contributed by atoms with van der Waals surface area (Å²) in [5, 5.41) is 2.79. The molecule has 7 nitrogen and oxygen atoms in total. The first-order valence-electron chi connectivity index (χ1n) is 7.73. The van der Waals surface area contributed by atoms with E-state index in [0.29, 0.717) is 24.5 Å². The number of rotatable bonds is 7. The second kappa shape index (κ2) is 7.85. The van der Waals surface area contributed by atoms with Gasteiger partial charge in [0.2, 0.25) is 5.91 Å². The minimum Gasteiger partial charge on any atom is -0.493 e. The van der Waals surface area contributed by atoms with Crippen LogP contribution in [0.15, 0.2) is 18.2 Å². The largest absolute Gasteiger partial charge is 0.493 e. The number of para-hydroxylation sites is 1. The standard InChI is InChI=1S/C16H24N2O5S/c1-18(9-12-5-4-6-14(22-2)16(12)23-3)10-15(19)17-13-7-8-24(20,21)11-13/h4-6,13H,7-11H2,1-3H3,(H,17,19)/t13-/m1/s1. The highest BCUT2D eigenvalue weighted by Gasteiger charge is 2.29. The topological polar surface area (TPSA) is 84.9 Å². The van der Waals surface area contributed by atoms with Gasteiger partial charge in [-0.15, -0.1) is 0 Å². The summed E-state index contributed by atoms with van der Waals surface area (Å²) < 4.78 is 33.5. The summed E-state index contributed by atoms with van der Waals surface area (Å²) in [6, 6.07) is 5.32. The maximum absolute atomic E-state index is 12.1. The zero-order valence-corrected chi connectivity index (χ0v) is 15.1. The minimum atomic E-state index is -2.99. The summed E-state index contributed by atoms with van der Waals surface area (Å²) in [5.41, 5.74) is 0.913. The van der Waals surface area contributed by atoms with Gasteiger partial charge in [-0.3, -0.25) is 9.69 Å². The summed E-state index contributed by atoms with van der Waals surface area (Å²) in [6.45, 7) is 0.688. The Kier molecular flexibility index (Phi) is 6.06. The molecule has 1 fully saturated rings. The Morgan fingerprint density at radius 1 is 1.33 bits per heavy atom. The van der Waals surface area contributed by atoms with Crippen molar-refractivity contribution in [2.75, 3.05) is 39.3 Å². The number of ether oxygens (including phenoxy) is 2. The number of methoxy groups -OCH3 is 2. The van der Waals surface area contributed by atoms with E-state index in [4.69, 9.17) is 9.47 Å². The number of hydrogen-bond donors (Lipinski definition) is 1. The summed E-state index contributed by atoms with van der Waals surface area (Å²) >= 11 is 0. The maximum Gasteiger partial charge on any atom is 0.234 e. The Labute approximate surface area is 142 Å². The Balaban J connectivity index is 1.91. The number of likely N-dealkylation sites (N-methyl/N-ethyl adjacent to an activating group) is 1. The van der Waals surface area contributed by atoms with Crippen molar-refractivity contribution in [1.82, 2.24) is 10.2 Å². The van der Waals surface area contributed by atoms with Crippen LogP contribution in [0.2, 0.25) is 0 Å². The van der Waals surface area contributed by atoms with Crippen molar-refractivity contribution in [3.63, 3.8) is 0 Å². The molecule has 0 aliphatic carbocycles. The van der Waals surface area contributed by atoms with Gasteiger partial charge in [-0.1, -0.05) is 12.1 Å². The lowest BCUT2D eigenvalue weighted by atomic mass is 10.1. The number of hydrogen-bond acceptors (Lipinski definition) is 6. The van der Waals surface area contributed by atoms with Crippen molar-refractivity contribution in [2.24, 2.45) is 0 Å². The lowest BCUT2D eigenvalue weighted by molar-refractivity contribution is -0.122. The van der Waals surface area contributed by atoms with Gasteiger partial charge in [0.25, 0.3) is 0 Å². The fraction of sp³-hybridized carbons (Fsp3) is 0.562. The molecular weight excluding hydrogens is 332 g/mol. The molecule has 1 saturated heterocycles. The zero-order valence-electron chi connectivity index (χ0n) is 14.2. The number of nitrogens with zero attached hydrogens (tertiary/aromatic N) is 1.